The molecule has 0 saturated heterocycles. The molecule has 0 unspecified atom stereocenters. The van der Waals surface area contributed by atoms with Crippen LogP contribution in [-0.2, 0) is 20.6 Å². The number of rotatable bonds is 3. The van der Waals surface area contributed by atoms with Gasteiger partial charge in [0.25, 0.3) is 0 Å². The van der Waals surface area contributed by atoms with Crippen molar-refractivity contribution >= 4 is 23.2 Å². The van der Waals surface area contributed by atoms with Crippen LogP contribution in [0.3, 0.4) is 0 Å². The summed E-state index contributed by atoms with van der Waals surface area (Å²) < 4.78 is 37.5. The van der Waals surface area contributed by atoms with E-state index in [-0.39, 0.29) is 18.5 Å². The van der Waals surface area contributed by atoms with Gasteiger partial charge < -0.3 is 5.32 Å². The summed E-state index contributed by atoms with van der Waals surface area (Å²) >= 11 is 0. The zero-order valence-electron chi connectivity index (χ0n) is 13.4. The van der Waals surface area contributed by atoms with Gasteiger partial charge in [-0.3, -0.25) is 14.4 Å². The second-order valence-electron chi connectivity index (χ2n) is 6.45. The summed E-state index contributed by atoms with van der Waals surface area (Å²) in [5.74, 6) is -3.06. The Morgan fingerprint density at radius 3 is 2.08 bits per heavy atom. The van der Waals surface area contributed by atoms with Crippen LogP contribution in [0.1, 0.15) is 38.7 Å². The third-order valence-electron chi connectivity index (χ3n) is 4.44. The quantitative estimate of drug-likeness (QED) is 0.854. The molecule has 0 aromatic heterocycles. The molecule has 1 aliphatic rings. The minimum atomic E-state index is -4.47. The summed E-state index contributed by atoms with van der Waals surface area (Å²) in [5, 5.41) is 2.35. The van der Waals surface area contributed by atoms with Crippen LogP contribution in [-0.4, -0.2) is 17.5 Å². The third kappa shape index (κ3) is 3.83. The average Bonchev–Trinajstić information content (AvgIpc) is 2.45. The van der Waals surface area contributed by atoms with Gasteiger partial charge in [-0.15, -0.1) is 0 Å². The number of benzene rings is 1. The van der Waals surface area contributed by atoms with Crippen LogP contribution in [0.4, 0.5) is 18.9 Å². The van der Waals surface area contributed by atoms with Gasteiger partial charge in [0.2, 0.25) is 5.91 Å². The Kier molecular flexibility index (Phi) is 4.82. The van der Waals surface area contributed by atoms with E-state index in [0.29, 0.717) is 6.42 Å². The minimum Gasteiger partial charge on any atom is -0.325 e. The monoisotopic (exact) mass is 341 g/mol. The highest BCUT2D eigenvalue weighted by Crippen LogP contribution is 2.37. The number of amides is 1. The lowest BCUT2D eigenvalue weighted by atomic mass is 9.68. The lowest BCUT2D eigenvalue weighted by Crippen LogP contribution is -2.44. The third-order valence-corrected chi connectivity index (χ3v) is 4.44. The van der Waals surface area contributed by atoms with Crippen LogP contribution in [0, 0.1) is 11.3 Å². The van der Waals surface area contributed by atoms with Crippen molar-refractivity contribution in [1.29, 1.82) is 0 Å². The van der Waals surface area contributed by atoms with Crippen molar-refractivity contribution in [2.24, 2.45) is 11.3 Å². The van der Waals surface area contributed by atoms with E-state index in [2.05, 4.69) is 5.32 Å². The fraction of sp³-hybridized carbons (Fsp3) is 0.471. The predicted molar refractivity (Wildman–Crippen MR) is 81.2 cm³/mol. The molecule has 1 aliphatic carbocycles. The number of hydrogen-bond donors (Lipinski definition) is 1. The Morgan fingerprint density at radius 1 is 1.17 bits per heavy atom. The molecule has 1 N–H and O–H groups in total. The molecular weight excluding hydrogens is 323 g/mol. The van der Waals surface area contributed by atoms with E-state index in [0.717, 1.165) is 24.3 Å². The molecule has 1 aromatic carbocycles. The van der Waals surface area contributed by atoms with Crippen molar-refractivity contribution in [3.8, 4) is 0 Å². The van der Waals surface area contributed by atoms with E-state index in [1.807, 2.05) is 13.8 Å². The zero-order valence-corrected chi connectivity index (χ0v) is 13.4. The fourth-order valence-corrected chi connectivity index (χ4v) is 2.79. The zero-order chi connectivity index (χ0) is 18.1. The molecule has 24 heavy (non-hydrogen) atoms. The second-order valence-corrected chi connectivity index (χ2v) is 6.45. The number of nitrogens with one attached hydrogen (secondary N) is 1. The number of carbonyl (C=O) groups excluding carboxylic acids is 3. The first-order valence-electron chi connectivity index (χ1n) is 7.59. The number of carbonyl (C=O) groups is 3. The molecular formula is C17H18F3NO3. The standard InChI is InChI=1S/C17H18F3NO3/c1-3-16(2)8-12(22)14(13(23)9-16)15(24)21-11-6-4-10(5-7-11)17(18,19)20/h4-7,14H,3,8-9H2,1-2H3,(H,21,24). The van der Waals surface area contributed by atoms with Gasteiger partial charge in [0.1, 0.15) is 0 Å². The second kappa shape index (κ2) is 6.37. The van der Waals surface area contributed by atoms with Crippen LogP contribution >= 0.6 is 0 Å². The van der Waals surface area contributed by atoms with Crippen LogP contribution in [0.2, 0.25) is 0 Å². The minimum absolute atomic E-state index is 0.109. The summed E-state index contributed by atoms with van der Waals surface area (Å²) in [6, 6.07) is 3.84. The van der Waals surface area contributed by atoms with Crippen molar-refractivity contribution in [2.75, 3.05) is 5.32 Å². The first kappa shape index (κ1) is 18.2. The maximum atomic E-state index is 12.5. The molecule has 7 heteroatoms. The highest BCUT2D eigenvalue weighted by molar-refractivity contribution is 6.23. The SMILES string of the molecule is CCC1(C)CC(=O)C(C(=O)Nc2ccc(C(F)(F)F)cc2)C(=O)C1. The van der Waals surface area contributed by atoms with Crippen molar-refractivity contribution < 1.29 is 27.6 Å². The Hall–Kier alpha value is -2.18. The molecule has 1 aromatic rings. The smallest absolute Gasteiger partial charge is 0.325 e. The number of halogens is 3. The fourth-order valence-electron chi connectivity index (χ4n) is 2.79. The van der Waals surface area contributed by atoms with Crippen LogP contribution < -0.4 is 5.32 Å². The number of alkyl halides is 3. The molecule has 1 fully saturated rings. The van der Waals surface area contributed by atoms with E-state index in [9.17, 15) is 27.6 Å². The van der Waals surface area contributed by atoms with Crippen molar-refractivity contribution in [1.82, 2.24) is 0 Å². The van der Waals surface area contributed by atoms with Crippen molar-refractivity contribution in [2.45, 2.75) is 39.3 Å². The van der Waals surface area contributed by atoms with E-state index in [1.54, 1.807) is 0 Å². The topological polar surface area (TPSA) is 63.2 Å². The maximum Gasteiger partial charge on any atom is 0.416 e. The Balaban J connectivity index is 2.10. The lowest BCUT2D eigenvalue weighted by Gasteiger charge is -2.33. The molecule has 0 atom stereocenters. The maximum absolute atomic E-state index is 12.5. The lowest BCUT2D eigenvalue weighted by molar-refractivity contribution is -0.144. The Morgan fingerprint density at radius 2 is 1.67 bits per heavy atom. The van der Waals surface area contributed by atoms with E-state index in [4.69, 9.17) is 0 Å². The predicted octanol–water partition coefficient (Wildman–Crippen LogP) is 3.61. The highest BCUT2D eigenvalue weighted by Gasteiger charge is 2.44. The number of hydrogen-bond acceptors (Lipinski definition) is 3. The molecule has 1 amide bonds. The number of Topliss-reactive ketones (excluding diaryl/α,β-unsaturated/α-hetero) is 2. The van der Waals surface area contributed by atoms with Gasteiger partial charge in [-0.1, -0.05) is 13.8 Å². The summed E-state index contributed by atoms with van der Waals surface area (Å²) in [7, 11) is 0. The largest absolute Gasteiger partial charge is 0.416 e. The first-order chi connectivity index (χ1) is 11.1. The van der Waals surface area contributed by atoms with E-state index >= 15 is 0 Å². The van der Waals surface area contributed by atoms with Gasteiger partial charge in [-0.2, -0.15) is 13.2 Å². The normalized spacial score (nSPS) is 24.8. The number of anilines is 1. The van der Waals surface area contributed by atoms with Crippen molar-refractivity contribution in [3.05, 3.63) is 29.8 Å². The van der Waals surface area contributed by atoms with Gasteiger partial charge in [0.05, 0.1) is 5.56 Å². The molecule has 0 aliphatic heterocycles. The number of ketones is 2. The van der Waals surface area contributed by atoms with E-state index in [1.165, 1.54) is 0 Å². The van der Waals surface area contributed by atoms with Crippen LogP contribution in [0.15, 0.2) is 24.3 Å². The molecule has 130 valence electrons. The first-order valence-corrected chi connectivity index (χ1v) is 7.59. The molecule has 0 heterocycles. The van der Waals surface area contributed by atoms with Crippen molar-refractivity contribution in [3.63, 3.8) is 0 Å². The Labute approximate surface area is 137 Å². The summed E-state index contributed by atoms with van der Waals surface area (Å²) in [5.41, 5.74) is -1.17. The van der Waals surface area contributed by atoms with Gasteiger partial charge >= 0.3 is 6.18 Å². The van der Waals surface area contributed by atoms with Gasteiger partial charge in [0.15, 0.2) is 17.5 Å². The van der Waals surface area contributed by atoms with Crippen LogP contribution in [0.25, 0.3) is 0 Å². The average molecular weight is 341 g/mol. The molecule has 4 nitrogen and oxygen atoms in total. The molecule has 0 radical (unpaired) electrons. The van der Waals surface area contributed by atoms with Gasteiger partial charge in [0, 0.05) is 18.5 Å². The summed E-state index contributed by atoms with van der Waals surface area (Å²) in [6.45, 7) is 3.70. The Bertz CT molecular complexity index is 647. The highest BCUT2D eigenvalue weighted by atomic mass is 19.4. The van der Waals surface area contributed by atoms with Crippen LogP contribution in [0.5, 0.6) is 0 Å². The van der Waals surface area contributed by atoms with E-state index < -0.39 is 40.5 Å². The molecule has 2 rings (SSSR count). The molecule has 0 bridgehead atoms. The molecule has 1 saturated carbocycles. The van der Waals surface area contributed by atoms with Gasteiger partial charge in [-0.25, -0.2) is 0 Å². The molecule has 0 spiro atoms. The summed E-state index contributed by atoms with van der Waals surface area (Å²) in [6.07, 6.45) is -3.54. The van der Waals surface area contributed by atoms with Gasteiger partial charge in [-0.05, 0) is 36.1 Å². The summed E-state index contributed by atoms with van der Waals surface area (Å²) in [4.78, 5) is 36.5.